The van der Waals surface area contributed by atoms with E-state index in [1.165, 1.54) is 22.9 Å². The molecule has 0 saturated carbocycles. The maximum absolute atomic E-state index is 14.6. The van der Waals surface area contributed by atoms with E-state index in [4.69, 9.17) is 16.5 Å². The summed E-state index contributed by atoms with van der Waals surface area (Å²) in [6, 6.07) is 33.6. The number of aryl methyl sites for hydroxylation is 1. The summed E-state index contributed by atoms with van der Waals surface area (Å²) in [6.07, 6.45) is 3.40. The Morgan fingerprint density at radius 1 is 0.581 bits per heavy atom. The van der Waals surface area contributed by atoms with E-state index in [9.17, 15) is 18.4 Å². The Morgan fingerprint density at radius 2 is 1.15 bits per heavy atom. The van der Waals surface area contributed by atoms with Gasteiger partial charge in [0.05, 0.1) is 41.1 Å². The van der Waals surface area contributed by atoms with Gasteiger partial charge in [0.1, 0.15) is 22.7 Å². The Bertz CT molecular complexity index is 3360. The minimum Gasteiger partial charge on any atom is -0.366 e. The van der Waals surface area contributed by atoms with Crippen LogP contribution in [0, 0.1) is 18.6 Å². The molecule has 10 aromatic rings. The smallest absolute Gasteiger partial charge is 0.251 e. The third kappa shape index (κ3) is 8.09. The van der Waals surface area contributed by atoms with Crippen LogP contribution in [-0.2, 0) is 13.1 Å². The van der Waals surface area contributed by atoms with Gasteiger partial charge in [-0.3, -0.25) is 19.6 Å². The predicted octanol–water partition coefficient (Wildman–Crippen LogP) is 7.39. The summed E-state index contributed by atoms with van der Waals surface area (Å²) in [7, 11) is 0. The third-order valence-electron chi connectivity index (χ3n) is 10.1. The highest BCUT2D eigenvalue weighted by Crippen LogP contribution is 2.26. The van der Waals surface area contributed by atoms with Gasteiger partial charge in [-0.05, 0) is 96.9 Å². The lowest BCUT2D eigenvalue weighted by molar-refractivity contribution is 0.0989. The predicted molar refractivity (Wildman–Crippen MR) is 232 cm³/mol. The van der Waals surface area contributed by atoms with Crippen molar-refractivity contribution in [3.63, 3.8) is 0 Å². The first-order valence-electron chi connectivity index (χ1n) is 18.9. The molecular weight excluding hydrogens is 814 g/mol. The van der Waals surface area contributed by atoms with Gasteiger partial charge < -0.3 is 11.5 Å². The Labute approximate surface area is 356 Å². The molecule has 0 saturated heterocycles. The summed E-state index contributed by atoms with van der Waals surface area (Å²) in [5.74, 6) is -2.42. The number of amides is 2. The first-order valence-corrected chi connectivity index (χ1v) is 18.9. The highest BCUT2D eigenvalue weighted by atomic mass is 35.5. The molecule has 0 atom stereocenters. The van der Waals surface area contributed by atoms with Gasteiger partial charge in [-0.1, -0.05) is 40.8 Å². The number of carbonyl (C=O) groups excluding carboxylic acids is 2. The lowest BCUT2D eigenvalue weighted by Crippen LogP contribution is -2.13. The zero-order valence-corrected chi connectivity index (χ0v) is 33.5. The van der Waals surface area contributed by atoms with Crippen LogP contribution in [0.5, 0.6) is 0 Å². The second-order valence-electron chi connectivity index (χ2n) is 14.2. The number of primary amides is 2. The van der Waals surface area contributed by atoms with Crippen molar-refractivity contribution in [2.24, 2.45) is 11.5 Å². The Balaban J connectivity index is 0.000000168. The SMILES string of the molecule is Cc1cc(-c2ccc3nnn(Cc4ccc5ncccc5c4)c3n2)ccc1C(N)=O.Cl.NC(=O)c1ccc(-c2ccc3nnn(Cc4cc5cccnc5cc4F)c3n2)cc1F. The minimum absolute atomic E-state index is 0. The number of benzene rings is 4. The average molecular weight is 847 g/mol. The van der Waals surface area contributed by atoms with Crippen LogP contribution in [-0.4, -0.2) is 61.7 Å². The van der Waals surface area contributed by atoms with E-state index in [-0.39, 0.29) is 24.5 Å². The van der Waals surface area contributed by atoms with Gasteiger partial charge in [0.15, 0.2) is 11.3 Å². The largest absolute Gasteiger partial charge is 0.366 e. The number of rotatable bonds is 8. The van der Waals surface area contributed by atoms with Gasteiger partial charge in [-0.2, -0.15) is 0 Å². The van der Waals surface area contributed by atoms with Crippen molar-refractivity contribution in [2.75, 3.05) is 0 Å². The molecule has 6 heterocycles. The van der Waals surface area contributed by atoms with E-state index < -0.39 is 23.4 Å². The summed E-state index contributed by atoms with van der Waals surface area (Å²) in [5, 5.41) is 18.6. The summed E-state index contributed by atoms with van der Waals surface area (Å²) >= 11 is 0. The number of nitrogens with zero attached hydrogens (tertiary/aromatic N) is 10. The summed E-state index contributed by atoms with van der Waals surface area (Å²) < 4.78 is 32.0. The lowest BCUT2D eigenvalue weighted by Gasteiger charge is -2.07. The normalized spacial score (nSPS) is 11.1. The highest BCUT2D eigenvalue weighted by molar-refractivity contribution is 5.95. The molecule has 2 amide bonds. The molecule has 306 valence electrons. The summed E-state index contributed by atoms with van der Waals surface area (Å²) in [5.41, 5.74) is 19.7. The first-order chi connectivity index (χ1) is 29.6. The second-order valence-corrected chi connectivity index (χ2v) is 14.2. The Hall–Kier alpha value is -8.11. The molecule has 0 bridgehead atoms. The quantitative estimate of drug-likeness (QED) is 0.155. The van der Waals surface area contributed by atoms with Gasteiger partial charge in [-0.25, -0.2) is 28.1 Å². The molecule has 62 heavy (non-hydrogen) atoms. The fourth-order valence-electron chi connectivity index (χ4n) is 7.04. The highest BCUT2D eigenvalue weighted by Gasteiger charge is 2.16. The summed E-state index contributed by atoms with van der Waals surface area (Å²) in [4.78, 5) is 40.6. The fourth-order valence-corrected chi connectivity index (χ4v) is 7.04. The van der Waals surface area contributed by atoms with Gasteiger partial charge in [0, 0.05) is 51.5 Å². The number of carbonyl (C=O) groups is 2. The molecule has 6 aromatic heterocycles. The van der Waals surface area contributed by atoms with Crippen LogP contribution in [0.4, 0.5) is 8.78 Å². The van der Waals surface area contributed by atoms with Crippen molar-refractivity contribution in [2.45, 2.75) is 20.0 Å². The molecule has 0 aliphatic heterocycles. The van der Waals surface area contributed by atoms with Crippen LogP contribution in [0.15, 0.2) is 128 Å². The number of halogens is 3. The summed E-state index contributed by atoms with van der Waals surface area (Å²) in [6.45, 7) is 2.53. The molecule has 0 spiro atoms. The van der Waals surface area contributed by atoms with E-state index in [2.05, 4.69) is 41.6 Å². The lowest BCUT2D eigenvalue weighted by atomic mass is 10.0. The molecule has 0 aliphatic carbocycles. The maximum Gasteiger partial charge on any atom is 0.251 e. The monoisotopic (exact) mass is 846 g/mol. The van der Waals surface area contributed by atoms with Crippen LogP contribution in [0.1, 0.15) is 37.4 Å². The standard InChI is InChI=1S/C23H18N6O.C22H14F2N6O.ClH/c1-14-11-17(5-6-18(14)22(24)30)20-8-9-21-23(26-20)29(28-27-21)13-15-4-7-19-16(12-15)3-2-10-25-19;23-16-10-20-12(2-1-7-26-20)8-14(16)11-30-22-19(28-29-30)6-5-18(27-22)13-3-4-15(21(25)31)17(24)9-13;/h2-12H,13H2,1H3,(H2,24,30);1-10H,11H2,(H2,25,31);1H. The molecule has 0 fully saturated rings. The number of nitrogens with two attached hydrogens (primary N) is 2. The molecule has 14 nitrogen and oxygen atoms in total. The third-order valence-corrected chi connectivity index (χ3v) is 10.1. The van der Waals surface area contributed by atoms with Gasteiger partial charge in [-0.15, -0.1) is 22.6 Å². The van der Waals surface area contributed by atoms with Crippen molar-refractivity contribution < 1.29 is 18.4 Å². The van der Waals surface area contributed by atoms with E-state index in [1.54, 1.807) is 53.5 Å². The van der Waals surface area contributed by atoms with E-state index in [0.717, 1.165) is 44.2 Å². The maximum atomic E-state index is 14.6. The van der Waals surface area contributed by atoms with Gasteiger partial charge in [0.2, 0.25) is 5.91 Å². The number of fused-ring (bicyclic) bond motifs is 4. The number of hydrogen-bond donors (Lipinski definition) is 2. The molecule has 17 heteroatoms. The van der Waals surface area contributed by atoms with Crippen LogP contribution < -0.4 is 11.5 Å². The Kier molecular flexibility index (Phi) is 11.1. The van der Waals surface area contributed by atoms with E-state index in [0.29, 0.717) is 51.3 Å². The minimum atomic E-state index is -0.845. The van der Waals surface area contributed by atoms with Crippen molar-refractivity contribution in [3.8, 4) is 22.5 Å². The number of aromatic nitrogens is 10. The molecule has 4 aromatic carbocycles. The topological polar surface area (TPSA) is 199 Å². The number of pyridine rings is 4. The molecule has 0 unspecified atom stereocenters. The van der Waals surface area contributed by atoms with Crippen LogP contribution in [0.3, 0.4) is 0 Å². The second kappa shape index (κ2) is 16.9. The molecule has 0 radical (unpaired) electrons. The van der Waals surface area contributed by atoms with Gasteiger partial charge >= 0.3 is 0 Å². The zero-order chi connectivity index (χ0) is 42.2. The molecule has 4 N–H and O–H groups in total. The Morgan fingerprint density at radius 3 is 1.76 bits per heavy atom. The van der Waals surface area contributed by atoms with Crippen LogP contribution >= 0.6 is 12.4 Å². The van der Waals surface area contributed by atoms with Crippen molar-refractivity contribution >= 4 is 68.4 Å². The molecule has 10 rings (SSSR count). The van der Waals surface area contributed by atoms with E-state index >= 15 is 0 Å². The van der Waals surface area contributed by atoms with Crippen LogP contribution in [0.2, 0.25) is 0 Å². The van der Waals surface area contributed by atoms with Gasteiger partial charge in [0.25, 0.3) is 5.91 Å². The average Bonchev–Trinajstić information content (AvgIpc) is 3.86. The van der Waals surface area contributed by atoms with Crippen LogP contribution in [0.25, 0.3) is 66.6 Å². The first kappa shape index (κ1) is 40.7. The fraction of sp³-hybridized carbons (Fsp3) is 0.0667. The van der Waals surface area contributed by atoms with Crippen molar-refractivity contribution in [1.29, 1.82) is 0 Å². The number of hydrogen-bond acceptors (Lipinski definition) is 10. The molecular formula is C45H33ClF2N12O2. The zero-order valence-electron chi connectivity index (χ0n) is 32.6. The van der Waals surface area contributed by atoms with Crippen molar-refractivity contribution in [1.82, 2.24) is 49.9 Å². The van der Waals surface area contributed by atoms with E-state index in [1.807, 2.05) is 61.5 Å². The van der Waals surface area contributed by atoms with Crippen molar-refractivity contribution in [3.05, 3.63) is 167 Å². The molecule has 0 aliphatic rings.